The van der Waals surface area contributed by atoms with Crippen LogP contribution in [0.1, 0.15) is 16.7 Å². The van der Waals surface area contributed by atoms with Crippen molar-refractivity contribution in [3.05, 3.63) is 99.8 Å². The van der Waals surface area contributed by atoms with Crippen LogP contribution < -0.4 is 15.0 Å². The highest BCUT2D eigenvalue weighted by molar-refractivity contribution is 7.89. The van der Waals surface area contributed by atoms with Gasteiger partial charge in [-0.2, -0.15) is 4.31 Å². The van der Waals surface area contributed by atoms with Crippen LogP contribution in [0.2, 0.25) is 0 Å². The number of hydrogen-bond donors (Lipinski definition) is 1. The van der Waals surface area contributed by atoms with E-state index in [1.54, 1.807) is 74.9 Å². The van der Waals surface area contributed by atoms with E-state index in [0.717, 1.165) is 16.5 Å². The minimum Gasteiger partial charge on any atom is -0.497 e. The Labute approximate surface area is 198 Å². The maximum atomic E-state index is 13.6. The second kappa shape index (κ2) is 9.70. The van der Waals surface area contributed by atoms with Crippen molar-refractivity contribution >= 4 is 20.9 Å². The van der Waals surface area contributed by atoms with Gasteiger partial charge in [-0.25, -0.2) is 8.42 Å². The molecule has 0 aliphatic carbocycles. The van der Waals surface area contributed by atoms with Crippen molar-refractivity contribution in [2.75, 3.05) is 14.2 Å². The number of hydrogen-bond acceptors (Lipinski definition) is 5. The number of pyridine rings is 1. The van der Waals surface area contributed by atoms with Crippen LogP contribution in [0.3, 0.4) is 0 Å². The number of rotatable bonds is 8. The van der Waals surface area contributed by atoms with Gasteiger partial charge >= 0.3 is 0 Å². The van der Waals surface area contributed by atoms with Gasteiger partial charge in [0.05, 0.1) is 19.1 Å². The van der Waals surface area contributed by atoms with Crippen LogP contribution in [-0.2, 0) is 23.1 Å². The fraction of sp³-hybridized carbons (Fsp3) is 0.192. The third-order valence-corrected chi connectivity index (χ3v) is 7.46. The maximum absolute atomic E-state index is 13.6. The van der Waals surface area contributed by atoms with Crippen LogP contribution >= 0.6 is 0 Å². The Kier molecular flexibility index (Phi) is 6.72. The van der Waals surface area contributed by atoms with Gasteiger partial charge in [-0.1, -0.05) is 29.8 Å². The number of methoxy groups -OCH3 is 2. The van der Waals surface area contributed by atoms with E-state index in [1.165, 1.54) is 4.31 Å². The lowest BCUT2D eigenvalue weighted by Gasteiger charge is -2.23. The highest BCUT2D eigenvalue weighted by Gasteiger charge is 2.26. The standard InChI is InChI=1S/C26H26N2O5S/c1-18-4-11-24(12-5-18)34(30,31)28(16-19-6-8-22(32-2)9-7-19)17-21-14-20-15-23(33-3)10-13-25(20)27-26(21)29/h4-15H,16-17H2,1-3H3,(H,27,29). The maximum Gasteiger partial charge on any atom is 0.252 e. The summed E-state index contributed by atoms with van der Waals surface area (Å²) >= 11 is 0. The van der Waals surface area contributed by atoms with Crippen LogP contribution in [-0.4, -0.2) is 31.9 Å². The molecule has 0 aliphatic rings. The van der Waals surface area contributed by atoms with E-state index < -0.39 is 10.0 Å². The van der Waals surface area contributed by atoms with E-state index in [0.29, 0.717) is 22.6 Å². The molecule has 0 aliphatic heterocycles. The number of aromatic nitrogens is 1. The fourth-order valence-electron chi connectivity index (χ4n) is 3.68. The average Bonchev–Trinajstić information content (AvgIpc) is 2.84. The Morgan fingerprint density at radius 3 is 2.12 bits per heavy atom. The molecule has 34 heavy (non-hydrogen) atoms. The molecule has 1 N–H and O–H groups in total. The SMILES string of the molecule is COc1ccc(CN(Cc2cc3cc(OC)ccc3[nH]c2=O)S(=O)(=O)c2ccc(C)cc2)cc1. The quantitative estimate of drug-likeness (QED) is 0.409. The lowest BCUT2D eigenvalue weighted by molar-refractivity contribution is 0.398. The lowest BCUT2D eigenvalue weighted by atomic mass is 10.1. The number of H-pyrrole nitrogens is 1. The molecule has 0 bridgehead atoms. The smallest absolute Gasteiger partial charge is 0.252 e. The number of ether oxygens (including phenoxy) is 2. The van der Waals surface area contributed by atoms with Gasteiger partial charge in [0.25, 0.3) is 5.56 Å². The summed E-state index contributed by atoms with van der Waals surface area (Å²) in [6.45, 7) is 1.90. The number of aromatic amines is 1. The van der Waals surface area contributed by atoms with E-state index in [1.807, 2.05) is 19.1 Å². The number of nitrogens with zero attached hydrogens (tertiary/aromatic N) is 1. The first-order valence-corrected chi connectivity index (χ1v) is 12.1. The van der Waals surface area contributed by atoms with Crippen molar-refractivity contribution in [3.8, 4) is 11.5 Å². The summed E-state index contributed by atoms with van der Waals surface area (Å²) in [4.78, 5) is 15.9. The molecule has 1 aromatic heterocycles. The van der Waals surface area contributed by atoms with E-state index in [2.05, 4.69) is 4.98 Å². The molecule has 0 saturated carbocycles. The highest BCUT2D eigenvalue weighted by Crippen LogP contribution is 2.24. The van der Waals surface area contributed by atoms with Crippen molar-refractivity contribution < 1.29 is 17.9 Å². The highest BCUT2D eigenvalue weighted by atomic mass is 32.2. The Hall–Kier alpha value is -3.62. The molecule has 1 heterocycles. The molecule has 0 amide bonds. The molecule has 8 heteroatoms. The first kappa shape index (κ1) is 23.5. The van der Waals surface area contributed by atoms with Gasteiger partial charge in [0.15, 0.2) is 0 Å². The molecule has 0 fully saturated rings. The third-order valence-electron chi connectivity index (χ3n) is 5.65. The molecule has 176 valence electrons. The number of nitrogens with one attached hydrogen (secondary N) is 1. The molecule has 4 rings (SSSR count). The van der Waals surface area contributed by atoms with E-state index >= 15 is 0 Å². The predicted octanol–water partition coefficient (Wildman–Crippen LogP) is 4.24. The molecule has 7 nitrogen and oxygen atoms in total. The zero-order chi connectivity index (χ0) is 24.3. The summed E-state index contributed by atoms with van der Waals surface area (Å²) < 4.78 is 39.0. The second-order valence-corrected chi connectivity index (χ2v) is 9.95. The number of fused-ring (bicyclic) bond motifs is 1. The Bertz CT molecular complexity index is 1460. The normalized spacial score (nSPS) is 11.6. The van der Waals surface area contributed by atoms with E-state index in [-0.39, 0.29) is 23.5 Å². The zero-order valence-electron chi connectivity index (χ0n) is 19.2. The van der Waals surface area contributed by atoms with Crippen LogP contribution in [0.15, 0.2) is 82.5 Å². The summed E-state index contributed by atoms with van der Waals surface area (Å²) in [6, 6.07) is 20.9. The first-order valence-electron chi connectivity index (χ1n) is 10.7. The molecule has 0 spiro atoms. The molecule has 4 aromatic rings. The monoisotopic (exact) mass is 478 g/mol. The molecular weight excluding hydrogens is 452 g/mol. The first-order chi connectivity index (χ1) is 16.3. The predicted molar refractivity (Wildman–Crippen MR) is 132 cm³/mol. The minimum absolute atomic E-state index is 0.0925. The van der Waals surface area contributed by atoms with Gasteiger partial charge in [-0.15, -0.1) is 0 Å². The number of aryl methyl sites for hydroxylation is 1. The Morgan fingerprint density at radius 1 is 0.824 bits per heavy atom. The second-order valence-electron chi connectivity index (χ2n) is 8.01. The van der Waals surface area contributed by atoms with Crippen molar-refractivity contribution in [1.29, 1.82) is 0 Å². The Balaban J connectivity index is 1.76. The third kappa shape index (κ3) is 4.98. The van der Waals surface area contributed by atoms with Gasteiger partial charge in [-0.3, -0.25) is 4.79 Å². The summed E-state index contributed by atoms with van der Waals surface area (Å²) in [6.07, 6.45) is 0. The molecule has 0 unspecified atom stereocenters. The summed E-state index contributed by atoms with van der Waals surface area (Å²) in [5.41, 5.74) is 2.38. The largest absolute Gasteiger partial charge is 0.497 e. The molecule has 0 radical (unpaired) electrons. The van der Waals surface area contributed by atoms with Crippen LogP contribution in [0.25, 0.3) is 10.9 Å². The van der Waals surface area contributed by atoms with Gasteiger partial charge < -0.3 is 14.5 Å². The lowest BCUT2D eigenvalue weighted by Crippen LogP contribution is -2.32. The van der Waals surface area contributed by atoms with Gasteiger partial charge in [0.2, 0.25) is 10.0 Å². The fourth-order valence-corrected chi connectivity index (χ4v) is 5.09. The van der Waals surface area contributed by atoms with Crippen LogP contribution in [0.4, 0.5) is 0 Å². The number of sulfonamides is 1. The molecular formula is C26H26N2O5S. The topological polar surface area (TPSA) is 88.7 Å². The minimum atomic E-state index is -3.89. The zero-order valence-corrected chi connectivity index (χ0v) is 20.1. The van der Waals surface area contributed by atoms with Crippen molar-refractivity contribution in [2.24, 2.45) is 0 Å². The summed E-state index contributed by atoms with van der Waals surface area (Å²) in [5.74, 6) is 1.32. The van der Waals surface area contributed by atoms with Crippen molar-refractivity contribution in [3.63, 3.8) is 0 Å². The van der Waals surface area contributed by atoms with Crippen molar-refractivity contribution in [2.45, 2.75) is 24.9 Å². The molecule has 0 saturated heterocycles. The number of benzene rings is 3. The molecule has 3 aromatic carbocycles. The summed E-state index contributed by atoms with van der Waals surface area (Å²) in [5, 5.41) is 0.756. The van der Waals surface area contributed by atoms with Crippen LogP contribution in [0.5, 0.6) is 11.5 Å². The van der Waals surface area contributed by atoms with Gasteiger partial charge in [-0.05, 0) is 61.0 Å². The molecule has 0 atom stereocenters. The van der Waals surface area contributed by atoms with E-state index in [4.69, 9.17) is 9.47 Å². The van der Waals surface area contributed by atoms with E-state index in [9.17, 15) is 13.2 Å². The van der Waals surface area contributed by atoms with Crippen molar-refractivity contribution in [1.82, 2.24) is 9.29 Å². The van der Waals surface area contributed by atoms with Gasteiger partial charge in [0, 0.05) is 29.6 Å². The van der Waals surface area contributed by atoms with Crippen LogP contribution in [0, 0.1) is 6.92 Å². The Morgan fingerprint density at radius 2 is 1.47 bits per heavy atom. The summed E-state index contributed by atoms with van der Waals surface area (Å²) in [7, 11) is -0.747. The van der Waals surface area contributed by atoms with Gasteiger partial charge in [0.1, 0.15) is 11.5 Å². The average molecular weight is 479 g/mol.